The van der Waals surface area contributed by atoms with E-state index in [1.54, 1.807) is 0 Å². The van der Waals surface area contributed by atoms with Crippen LogP contribution < -0.4 is 0 Å². The Morgan fingerprint density at radius 2 is 1.94 bits per heavy atom. The van der Waals surface area contributed by atoms with Crippen LogP contribution in [0.5, 0.6) is 0 Å². The fourth-order valence-electron chi connectivity index (χ4n) is 1.54. The number of esters is 1. The van der Waals surface area contributed by atoms with E-state index in [2.05, 4.69) is 0 Å². The van der Waals surface area contributed by atoms with Crippen LogP contribution >= 0.6 is 11.6 Å². The maximum absolute atomic E-state index is 11.1. The summed E-state index contributed by atoms with van der Waals surface area (Å²) in [5, 5.41) is 0. The van der Waals surface area contributed by atoms with Crippen molar-refractivity contribution in [2.75, 3.05) is 19.1 Å². The van der Waals surface area contributed by atoms with Crippen LogP contribution in [0.15, 0.2) is 0 Å². The second kappa shape index (κ2) is 11.2. The summed E-state index contributed by atoms with van der Waals surface area (Å²) in [6, 6.07) is 0. The molecule has 0 aliphatic rings. The van der Waals surface area contributed by atoms with Gasteiger partial charge in [-0.05, 0) is 33.1 Å². The molecule has 0 aromatic rings. The first kappa shape index (κ1) is 15.7. The molecule has 0 aliphatic carbocycles. The number of ether oxygens (including phenoxy) is 2. The second-order valence-electron chi connectivity index (χ2n) is 3.61. The Bertz CT molecular complexity index is 168. The highest BCUT2D eigenvalue weighted by Gasteiger charge is 2.08. The molecule has 1 unspecified atom stereocenters. The molecule has 0 heterocycles. The summed E-state index contributed by atoms with van der Waals surface area (Å²) in [6.07, 6.45) is 4.46. The van der Waals surface area contributed by atoms with Gasteiger partial charge in [0.25, 0.3) is 0 Å². The molecule has 0 radical (unpaired) electrons. The van der Waals surface area contributed by atoms with Gasteiger partial charge in [0.2, 0.25) is 0 Å². The molecule has 0 bridgehead atoms. The van der Waals surface area contributed by atoms with Crippen molar-refractivity contribution in [3.8, 4) is 0 Å². The van der Waals surface area contributed by atoms with E-state index in [0.717, 1.165) is 32.3 Å². The number of halogens is 1. The molecular formula is C12H23ClO3. The number of carbonyl (C=O) groups is 1. The largest absolute Gasteiger partial charge is 0.466 e. The van der Waals surface area contributed by atoms with Crippen LogP contribution in [0.4, 0.5) is 0 Å². The van der Waals surface area contributed by atoms with Gasteiger partial charge in [0.1, 0.15) is 0 Å². The predicted molar refractivity (Wildman–Crippen MR) is 65.9 cm³/mol. The lowest BCUT2D eigenvalue weighted by Gasteiger charge is -2.15. The van der Waals surface area contributed by atoms with Crippen molar-refractivity contribution >= 4 is 17.6 Å². The Balaban J connectivity index is 3.49. The third-order valence-corrected chi connectivity index (χ3v) is 2.51. The van der Waals surface area contributed by atoms with E-state index in [1.165, 1.54) is 0 Å². The van der Waals surface area contributed by atoms with Gasteiger partial charge < -0.3 is 9.47 Å². The van der Waals surface area contributed by atoms with Gasteiger partial charge in [-0.3, -0.25) is 4.79 Å². The van der Waals surface area contributed by atoms with Crippen molar-refractivity contribution in [1.82, 2.24) is 0 Å². The van der Waals surface area contributed by atoms with Crippen molar-refractivity contribution < 1.29 is 14.3 Å². The third kappa shape index (κ3) is 8.98. The maximum Gasteiger partial charge on any atom is 0.305 e. The predicted octanol–water partition coefficient (Wildman–Crippen LogP) is 3.14. The van der Waals surface area contributed by atoms with E-state index >= 15 is 0 Å². The molecule has 0 fully saturated rings. The molecule has 0 saturated carbocycles. The molecule has 1 atom stereocenters. The van der Waals surface area contributed by atoms with Crippen molar-refractivity contribution in [3.05, 3.63) is 0 Å². The minimum atomic E-state index is -0.104. The van der Waals surface area contributed by atoms with Crippen LogP contribution in [0.1, 0.15) is 46.0 Å². The zero-order chi connectivity index (χ0) is 12.2. The zero-order valence-corrected chi connectivity index (χ0v) is 11.1. The average Bonchev–Trinajstić information content (AvgIpc) is 2.25. The standard InChI is InChI=1S/C12H23ClO3/c1-3-15-11(9-10-13)7-5-6-8-12(14)16-4-2/h11H,3-10H2,1-2H3. The Morgan fingerprint density at radius 3 is 2.50 bits per heavy atom. The normalized spacial score (nSPS) is 12.4. The van der Waals surface area contributed by atoms with Crippen LogP contribution in [0.3, 0.4) is 0 Å². The van der Waals surface area contributed by atoms with Gasteiger partial charge in [-0.25, -0.2) is 0 Å². The molecule has 0 aliphatic heterocycles. The maximum atomic E-state index is 11.1. The lowest BCUT2D eigenvalue weighted by Crippen LogP contribution is -2.13. The van der Waals surface area contributed by atoms with E-state index in [9.17, 15) is 4.79 Å². The number of alkyl halides is 1. The molecule has 0 N–H and O–H groups in total. The molecule has 0 spiro atoms. The first-order valence-corrected chi connectivity index (χ1v) is 6.61. The molecule has 0 rings (SSSR count). The van der Waals surface area contributed by atoms with Crippen molar-refractivity contribution in [1.29, 1.82) is 0 Å². The van der Waals surface area contributed by atoms with E-state index in [1.807, 2.05) is 13.8 Å². The molecule has 16 heavy (non-hydrogen) atoms. The fraction of sp³-hybridized carbons (Fsp3) is 0.917. The number of carbonyl (C=O) groups excluding carboxylic acids is 1. The quantitative estimate of drug-likeness (QED) is 0.339. The summed E-state index contributed by atoms with van der Waals surface area (Å²) in [4.78, 5) is 11.1. The van der Waals surface area contributed by atoms with Crippen LogP contribution in [-0.2, 0) is 14.3 Å². The lowest BCUT2D eigenvalue weighted by atomic mass is 10.1. The van der Waals surface area contributed by atoms with Gasteiger partial charge in [-0.15, -0.1) is 11.6 Å². The average molecular weight is 251 g/mol. The Labute approximate surface area is 103 Å². The smallest absolute Gasteiger partial charge is 0.305 e. The summed E-state index contributed by atoms with van der Waals surface area (Å²) in [5.74, 6) is 0.524. The molecule has 0 amide bonds. The number of hydrogen-bond donors (Lipinski definition) is 0. The Morgan fingerprint density at radius 1 is 1.19 bits per heavy atom. The van der Waals surface area contributed by atoms with Gasteiger partial charge in [0.15, 0.2) is 0 Å². The molecule has 0 saturated heterocycles. The molecule has 0 aromatic carbocycles. The van der Waals surface area contributed by atoms with E-state index < -0.39 is 0 Å². The Hall–Kier alpha value is -0.280. The topological polar surface area (TPSA) is 35.5 Å². The molecule has 96 valence electrons. The van der Waals surface area contributed by atoms with Gasteiger partial charge in [-0.2, -0.15) is 0 Å². The minimum Gasteiger partial charge on any atom is -0.466 e. The number of hydrogen-bond acceptors (Lipinski definition) is 3. The van der Waals surface area contributed by atoms with Crippen molar-refractivity contribution in [3.63, 3.8) is 0 Å². The van der Waals surface area contributed by atoms with E-state index in [0.29, 0.717) is 18.9 Å². The van der Waals surface area contributed by atoms with Gasteiger partial charge in [0, 0.05) is 18.9 Å². The lowest BCUT2D eigenvalue weighted by molar-refractivity contribution is -0.143. The molecule has 3 nitrogen and oxygen atoms in total. The summed E-state index contributed by atoms with van der Waals surface area (Å²) in [5.41, 5.74) is 0. The summed E-state index contributed by atoms with van der Waals surface area (Å²) >= 11 is 5.68. The van der Waals surface area contributed by atoms with Gasteiger partial charge in [-0.1, -0.05) is 6.42 Å². The van der Waals surface area contributed by atoms with Crippen LogP contribution in [-0.4, -0.2) is 31.2 Å². The summed E-state index contributed by atoms with van der Waals surface area (Å²) < 4.78 is 10.4. The van der Waals surface area contributed by atoms with E-state index in [-0.39, 0.29) is 12.1 Å². The van der Waals surface area contributed by atoms with Crippen LogP contribution in [0.25, 0.3) is 0 Å². The first-order chi connectivity index (χ1) is 7.74. The van der Waals surface area contributed by atoms with Gasteiger partial charge >= 0.3 is 5.97 Å². The van der Waals surface area contributed by atoms with Crippen molar-refractivity contribution in [2.45, 2.75) is 52.1 Å². The van der Waals surface area contributed by atoms with Crippen molar-refractivity contribution in [2.24, 2.45) is 0 Å². The molecule has 4 heteroatoms. The number of rotatable bonds is 10. The fourth-order valence-corrected chi connectivity index (χ4v) is 1.79. The third-order valence-electron chi connectivity index (χ3n) is 2.30. The molecule has 0 aromatic heterocycles. The zero-order valence-electron chi connectivity index (χ0n) is 10.3. The van der Waals surface area contributed by atoms with Crippen LogP contribution in [0, 0.1) is 0 Å². The second-order valence-corrected chi connectivity index (χ2v) is 3.98. The first-order valence-electron chi connectivity index (χ1n) is 6.07. The van der Waals surface area contributed by atoms with Crippen LogP contribution in [0.2, 0.25) is 0 Å². The summed E-state index contributed by atoms with van der Waals surface area (Å²) in [6.45, 7) is 5.00. The highest BCUT2D eigenvalue weighted by atomic mass is 35.5. The monoisotopic (exact) mass is 250 g/mol. The highest BCUT2D eigenvalue weighted by Crippen LogP contribution is 2.11. The minimum absolute atomic E-state index is 0.104. The molecular weight excluding hydrogens is 228 g/mol. The van der Waals surface area contributed by atoms with Gasteiger partial charge in [0.05, 0.1) is 12.7 Å². The Kier molecular flexibility index (Phi) is 11.0. The highest BCUT2D eigenvalue weighted by molar-refractivity contribution is 6.17. The number of unbranched alkanes of at least 4 members (excludes halogenated alkanes) is 1. The van der Waals surface area contributed by atoms with E-state index in [4.69, 9.17) is 21.1 Å². The summed E-state index contributed by atoms with van der Waals surface area (Å²) in [7, 11) is 0. The SMILES string of the molecule is CCOC(=O)CCCCC(CCCl)OCC.